The Labute approximate surface area is 98.6 Å². The molecule has 5 heteroatoms. The number of carbonyl (C=O) groups is 2. The van der Waals surface area contributed by atoms with Crippen LogP contribution in [0, 0.1) is 0 Å². The second-order valence-corrected chi connectivity index (χ2v) is 4.34. The molecule has 1 aromatic heterocycles. The second-order valence-electron chi connectivity index (χ2n) is 3.31. The van der Waals surface area contributed by atoms with Gasteiger partial charge in [0.1, 0.15) is 6.04 Å². The summed E-state index contributed by atoms with van der Waals surface area (Å²) < 4.78 is 4.59. The lowest BCUT2D eigenvalue weighted by Crippen LogP contribution is -2.41. The van der Waals surface area contributed by atoms with E-state index in [1.807, 2.05) is 24.4 Å². The highest BCUT2D eigenvalue weighted by atomic mass is 32.1. The Hall–Kier alpha value is -1.36. The predicted molar refractivity (Wildman–Crippen MR) is 62.3 cm³/mol. The standard InChI is InChI=1S/C11H15NO3S/c1-3-9(11(14)15-2)12-10(13)7-8-5-4-6-16-8/h4-6,9H,3,7H2,1-2H3,(H,12,13). The minimum atomic E-state index is -0.544. The molecule has 1 amide bonds. The zero-order chi connectivity index (χ0) is 12.0. The van der Waals surface area contributed by atoms with Gasteiger partial charge in [-0.15, -0.1) is 11.3 Å². The van der Waals surface area contributed by atoms with E-state index < -0.39 is 12.0 Å². The molecule has 88 valence electrons. The minimum absolute atomic E-state index is 0.153. The largest absolute Gasteiger partial charge is 0.467 e. The number of rotatable bonds is 5. The molecule has 4 nitrogen and oxygen atoms in total. The predicted octanol–water partition coefficient (Wildman–Crippen LogP) is 1.36. The molecule has 0 fully saturated rings. The third-order valence-electron chi connectivity index (χ3n) is 2.14. The van der Waals surface area contributed by atoms with E-state index in [0.29, 0.717) is 12.8 Å². The molecule has 0 saturated heterocycles. The highest BCUT2D eigenvalue weighted by Gasteiger charge is 2.19. The maximum Gasteiger partial charge on any atom is 0.328 e. The third-order valence-corrected chi connectivity index (χ3v) is 3.02. The summed E-state index contributed by atoms with van der Waals surface area (Å²) in [7, 11) is 1.32. The van der Waals surface area contributed by atoms with Gasteiger partial charge >= 0.3 is 5.97 Å². The molecule has 0 bridgehead atoms. The Balaban J connectivity index is 2.46. The lowest BCUT2D eigenvalue weighted by molar-refractivity contribution is -0.145. The van der Waals surface area contributed by atoms with Gasteiger partial charge in [-0.3, -0.25) is 4.79 Å². The van der Waals surface area contributed by atoms with E-state index in [4.69, 9.17) is 0 Å². The number of methoxy groups -OCH3 is 1. The van der Waals surface area contributed by atoms with E-state index in [1.54, 1.807) is 0 Å². The summed E-state index contributed by atoms with van der Waals surface area (Å²) in [6, 6.07) is 3.24. The van der Waals surface area contributed by atoms with Crippen LogP contribution in [0.3, 0.4) is 0 Å². The van der Waals surface area contributed by atoms with Gasteiger partial charge in [0.05, 0.1) is 13.5 Å². The third kappa shape index (κ3) is 3.66. The van der Waals surface area contributed by atoms with Gasteiger partial charge in [-0.05, 0) is 17.9 Å². The van der Waals surface area contributed by atoms with Crippen LogP contribution in [0.25, 0.3) is 0 Å². The first-order valence-electron chi connectivity index (χ1n) is 5.07. The van der Waals surface area contributed by atoms with Crippen LogP contribution in [-0.2, 0) is 20.7 Å². The van der Waals surface area contributed by atoms with Gasteiger partial charge in [0.15, 0.2) is 0 Å². The fourth-order valence-corrected chi connectivity index (χ4v) is 1.99. The van der Waals surface area contributed by atoms with Gasteiger partial charge in [0.25, 0.3) is 0 Å². The molecule has 1 rings (SSSR count). The summed E-state index contributed by atoms with van der Waals surface area (Å²) in [6.45, 7) is 1.83. The van der Waals surface area contributed by atoms with Crippen molar-refractivity contribution in [3.63, 3.8) is 0 Å². The van der Waals surface area contributed by atoms with E-state index in [2.05, 4.69) is 10.1 Å². The van der Waals surface area contributed by atoms with Crippen molar-refractivity contribution >= 4 is 23.2 Å². The maximum absolute atomic E-state index is 11.6. The van der Waals surface area contributed by atoms with Crippen LogP contribution in [0.5, 0.6) is 0 Å². The SMILES string of the molecule is CCC(NC(=O)Cc1cccs1)C(=O)OC. The van der Waals surface area contributed by atoms with E-state index in [-0.39, 0.29) is 5.91 Å². The van der Waals surface area contributed by atoms with Gasteiger partial charge in [-0.2, -0.15) is 0 Å². The Morgan fingerprint density at radius 1 is 1.56 bits per heavy atom. The van der Waals surface area contributed by atoms with Gasteiger partial charge in [-0.1, -0.05) is 13.0 Å². The summed E-state index contributed by atoms with van der Waals surface area (Å²) in [5, 5.41) is 4.57. The lowest BCUT2D eigenvalue weighted by Gasteiger charge is -2.13. The van der Waals surface area contributed by atoms with Crippen molar-refractivity contribution in [1.29, 1.82) is 0 Å². The number of ether oxygens (including phenoxy) is 1. The molecule has 0 aliphatic heterocycles. The Morgan fingerprint density at radius 3 is 2.81 bits per heavy atom. The van der Waals surface area contributed by atoms with Crippen LogP contribution in [0.1, 0.15) is 18.2 Å². The molecule has 1 atom stereocenters. The second kappa shape index (κ2) is 6.27. The quantitative estimate of drug-likeness (QED) is 0.792. The van der Waals surface area contributed by atoms with Gasteiger partial charge in [0, 0.05) is 4.88 Å². The van der Waals surface area contributed by atoms with Crippen molar-refractivity contribution in [1.82, 2.24) is 5.32 Å². The fraction of sp³-hybridized carbons (Fsp3) is 0.455. The molecule has 1 unspecified atom stereocenters. The Kier molecular flexibility index (Phi) is 4.98. The Bertz CT molecular complexity index is 348. The first-order valence-corrected chi connectivity index (χ1v) is 5.95. The van der Waals surface area contributed by atoms with Crippen molar-refractivity contribution in [2.45, 2.75) is 25.8 Å². The molecule has 0 aromatic carbocycles. The zero-order valence-electron chi connectivity index (χ0n) is 9.36. The van der Waals surface area contributed by atoms with Crippen LogP contribution < -0.4 is 5.32 Å². The van der Waals surface area contributed by atoms with Crippen LogP contribution >= 0.6 is 11.3 Å². The van der Waals surface area contributed by atoms with Crippen LogP contribution in [0.4, 0.5) is 0 Å². The van der Waals surface area contributed by atoms with Crippen LogP contribution in [0.2, 0.25) is 0 Å². The van der Waals surface area contributed by atoms with Crippen molar-refractivity contribution < 1.29 is 14.3 Å². The molecule has 1 aromatic rings. The fourth-order valence-electron chi connectivity index (χ4n) is 1.29. The molecule has 16 heavy (non-hydrogen) atoms. The number of nitrogens with one attached hydrogen (secondary N) is 1. The van der Waals surface area contributed by atoms with E-state index in [1.165, 1.54) is 18.4 Å². The highest BCUT2D eigenvalue weighted by Crippen LogP contribution is 2.09. The molecule has 0 radical (unpaired) electrons. The summed E-state index contributed by atoms with van der Waals surface area (Å²) in [5.41, 5.74) is 0. The molecule has 0 saturated carbocycles. The number of esters is 1. The van der Waals surface area contributed by atoms with Crippen molar-refractivity contribution in [3.8, 4) is 0 Å². The number of carbonyl (C=O) groups excluding carboxylic acids is 2. The molecular formula is C11H15NO3S. The molecule has 1 heterocycles. The van der Waals surface area contributed by atoms with Crippen molar-refractivity contribution in [3.05, 3.63) is 22.4 Å². The number of hydrogen-bond donors (Lipinski definition) is 1. The van der Waals surface area contributed by atoms with Gasteiger partial charge < -0.3 is 10.1 Å². The minimum Gasteiger partial charge on any atom is -0.467 e. The number of thiophene rings is 1. The van der Waals surface area contributed by atoms with Crippen molar-refractivity contribution in [2.24, 2.45) is 0 Å². The number of hydrogen-bond acceptors (Lipinski definition) is 4. The first-order chi connectivity index (χ1) is 7.67. The van der Waals surface area contributed by atoms with E-state index in [9.17, 15) is 9.59 Å². The average molecular weight is 241 g/mol. The highest BCUT2D eigenvalue weighted by molar-refractivity contribution is 7.10. The smallest absolute Gasteiger partial charge is 0.328 e. The molecule has 0 spiro atoms. The average Bonchev–Trinajstić information content (AvgIpc) is 2.77. The Morgan fingerprint density at radius 2 is 2.31 bits per heavy atom. The summed E-state index contributed by atoms with van der Waals surface area (Å²) >= 11 is 1.52. The summed E-state index contributed by atoms with van der Waals surface area (Å²) in [6.07, 6.45) is 0.841. The van der Waals surface area contributed by atoms with Crippen LogP contribution in [-0.4, -0.2) is 25.0 Å². The molecule has 0 aliphatic rings. The van der Waals surface area contributed by atoms with Gasteiger partial charge in [-0.25, -0.2) is 4.79 Å². The lowest BCUT2D eigenvalue weighted by atomic mass is 10.2. The first kappa shape index (κ1) is 12.7. The summed E-state index contributed by atoms with van der Waals surface area (Å²) in [5.74, 6) is -0.554. The van der Waals surface area contributed by atoms with E-state index in [0.717, 1.165) is 4.88 Å². The zero-order valence-corrected chi connectivity index (χ0v) is 10.2. The van der Waals surface area contributed by atoms with Crippen molar-refractivity contribution in [2.75, 3.05) is 7.11 Å². The van der Waals surface area contributed by atoms with Crippen LogP contribution in [0.15, 0.2) is 17.5 Å². The summed E-state index contributed by atoms with van der Waals surface area (Å²) in [4.78, 5) is 23.8. The normalized spacial score (nSPS) is 11.9. The molecule has 0 aliphatic carbocycles. The van der Waals surface area contributed by atoms with Gasteiger partial charge in [0.2, 0.25) is 5.91 Å². The molecule has 1 N–H and O–H groups in total. The maximum atomic E-state index is 11.6. The molecular weight excluding hydrogens is 226 g/mol. The topological polar surface area (TPSA) is 55.4 Å². The van der Waals surface area contributed by atoms with E-state index >= 15 is 0 Å². The number of amides is 1. The monoisotopic (exact) mass is 241 g/mol.